The van der Waals surface area contributed by atoms with E-state index in [1.807, 2.05) is 0 Å². The molecule has 1 atom stereocenters. The van der Waals surface area contributed by atoms with Gasteiger partial charge in [-0.15, -0.1) is 0 Å². The van der Waals surface area contributed by atoms with Crippen LogP contribution in [0.15, 0.2) is 25.3 Å². The molecule has 4 N–H and O–H groups in total. The molecule has 9 nitrogen and oxygen atoms in total. The van der Waals surface area contributed by atoms with Crippen LogP contribution in [-0.4, -0.2) is 70.4 Å². The number of hydrogen-bond donors (Lipinski definition) is 4. The Bertz CT molecular complexity index is 403. The van der Waals surface area contributed by atoms with Gasteiger partial charge in [-0.05, 0) is 0 Å². The molecule has 0 heterocycles. The van der Waals surface area contributed by atoms with Crippen LogP contribution in [0.4, 0.5) is 0 Å². The Balaban J connectivity index is 0. The summed E-state index contributed by atoms with van der Waals surface area (Å²) < 4.78 is 9.15. The first kappa shape index (κ1) is 23.0. The van der Waals surface area contributed by atoms with Gasteiger partial charge in [0.15, 0.2) is 5.60 Å². The van der Waals surface area contributed by atoms with E-state index in [1.165, 1.54) is 12.2 Å². The number of aliphatic carboxylic acids is 1. The first-order valence-corrected chi connectivity index (χ1v) is 6.47. The van der Waals surface area contributed by atoms with E-state index in [0.29, 0.717) is 0 Å². The minimum Gasteiger partial charge on any atom is -0.481 e. The Kier molecular flexibility index (Phi) is 13.5. The third-order valence-electron chi connectivity index (χ3n) is 2.05. The lowest BCUT2D eigenvalue weighted by molar-refractivity contribution is -0.175. The van der Waals surface area contributed by atoms with E-state index in [1.54, 1.807) is 0 Å². The molecule has 0 aromatic carbocycles. The van der Waals surface area contributed by atoms with Gasteiger partial charge in [-0.1, -0.05) is 25.3 Å². The monoisotopic (exact) mass is 334 g/mol. The standard InChI is InChI=1S/C12H16O7.C2H6O2/c1-3-5-18-10(15)8-12(17,7-9(13)14)11(16)19-6-4-2;3-1-2-4/h3-4,17H,1-2,5-8H2,(H,13,14);3-4H,1-2H2. The predicted molar refractivity (Wildman–Crippen MR) is 78.3 cm³/mol. The maximum absolute atomic E-state index is 11.6. The Morgan fingerprint density at radius 1 is 0.957 bits per heavy atom. The van der Waals surface area contributed by atoms with E-state index >= 15 is 0 Å². The minimum atomic E-state index is -2.47. The highest BCUT2D eigenvalue weighted by atomic mass is 16.6. The molecule has 9 heteroatoms. The number of esters is 2. The molecule has 0 aliphatic heterocycles. The van der Waals surface area contributed by atoms with E-state index in [9.17, 15) is 19.5 Å². The molecule has 0 aliphatic rings. The molecule has 23 heavy (non-hydrogen) atoms. The molecule has 0 spiro atoms. The molecule has 0 aromatic rings. The number of aliphatic hydroxyl groups is 3. The molecule has 0 saturated heterocycles. The summed E-state index contributed by atoms with van der Waals surface area (Å²) in [6, 6.07) is 0. The van der Waals surface area contributed by atoms with Gasteiger partial charge in [0.1, 0.15) is 13.2 Å². The first-order valence-electron chi connectivity index (χ1n) is 6.47. The molecule has 132 valence electrons. The fourth-order valence-electron chi connectivity index (χ4n) is 1.17. The second kappa shape index (κ2) is 13.4. The number of carboxylic acids is 1. The zero-order valence-corrected chi connectivity index (χ0v) is 12.6. The van der Waals surface area contributed by atoms with Gasteiger partial charge in [-0.2, -0.15) is 0 Å². The lowest BCUT2D eigenvalue weighted by atomic mass is 9.96. The topological polar surface area (TPSA) is 151 Å². The molecule has 0 rings (SSSR count). The van der Waals surface area contributed by atoms with Crippen molar-refractivity contribution in [3.05, 3.63) is 25.3 Å². The molecule has 0 bridgehead atoms. The van der Waals surface area contributed by atoms with Gasteiger partial charge < -0.3 is 29.9 Å². The highest BCUT2D eigenvalue weighted by molar-refractivity contribution is 5.89. The predicted octanol–water partition coefficient (Wildman–Crippen LogP) is -0.988. The number of hydrogen-bond acceptors (Lipinski definition) is 8. The summed E-state index contributed by atoms with van der Waals surface area (Å²) in [5.74, 6) is -3.60. The van der Waals surface area contributed by atoms with E-state index in [0.717, 1.165) is 0 Å². The molecular formula is C14H22O9. The van der Waals surface area contributed by atoms with E-state index in [4.69, 9.17) is 15.3 Å². The van der Waals surface area contributed by atoms with Gasteiger partial charge in [0.2, 0.25) is 0 Å². The van der Waals surface area contributed by atoms with Crippen molar-refractivity contribution in [1.29, 1.82) is 0 Å². The van der Waals surface area contributed by atoms with Gasteiger partial charge in [0.25, 0.3) is 0 Å². The number of carbonyl (C=O) groups excluding carboxylic acids is 2. The van der Waals surface area contributed by atoms with E-state index in [-0.39, 0.29) is 26.4 Å². The molecular weight excluding hydrogens is 312 g/mol. The second-order valence-corrected chi connectivity index (χ2v) is 4.08. The Labute approximate surface area is 133 Å². The van der Waals surface area contributed by atoms with Crippen molar-refractivity contribution in [2.45, 2.75) is 18.4 Å². The van der Waals surface area contributed by atoms with Gasteiger partial charge >= 0.3 is 17.9 Å². The molecule has 0 aromatic heterocycles. The summed E-state index contributed by atoms with van der Waals surface area (Å²) in [6.45, 7) is 6.05. The summed E-state index contributed by atoms with van der Waals surface area (Å²) in [6.07, 6.45) is 0.759. The van der Waals surface area contributed by atoms with Crippen molar-refractivity contribution in [1.82, 2.24) is 0 Å². The van der Waals surface area contributed by atoms with Crippen molar-refractivity contribution in [2.75, 3.05) is 26.4 Å². The van der Waals surface area contributed by atoms with Gasteiger partial charge in [-0.25, -0.2) is 4.79 Å². The third kappa shape index (κ3) is 12.0. The average molecular weight is 334 g/mol. The number of aliphatic hydroxyl groups excluding tert-OH is 2. The van der Waals surface area contributed by atoms with Crippen molar-refractivity contribution in [3.63, 3.8) is 0 Å². The van der Waals surface area contributed by atoms with Crippen LogP contribution in [0, 0.1) is 0 Å². The first-order chi connectivity index (χ1) is 10.8. The van der Waals surface area contributed by atoms with Crippen molar-refractivity contribution in [2.24, 2.45) is 0 Å². The summed E-state index contributed by atoms with van der Waals surface area (Å²) in [7, 11) is 0. The highest BCUT2D eigenvalue weighted by Gasteiger charge is 2.42. The van der Waals surface area contributed by atoms with Crippen LogP contribution in [0.5, 0.6) is 0 Å². The smallest absolute Gasteiger partial charge is 0.339 e. The largest absolute Gasteiger partial charge is 0.481 e. The minimum absolute atomic E-state index is 0.107. The molecule has 1 unspecified atom stereocenters. The number of carboxylic acid groups (broad SMARTS) is 1. The lowest BCUT2D eigenvalue weighted by Crippen LogP contribution is -2.44. The van der Waals surface area contributed by atoms with Crippen LogP contribution in [0.2, 0.25) is 0 Å². The molecule has 0 aliphatic carbocycles. The highest BCUT2D eigenvalue weighted by Crippen LogP contribution is 2.19. The van der Waals surface area contributed by atoms with Crippen LogP contribution in [0.1, 0.15) is 12.8 Å². The van der Waals surface area contributed by atoms with Crippen molar-refractivity contribution >= 4 is 17.9 Å². The molecule has 0 fully saturated rings. The second-order valence-electron chi connectivity index (χ2n) is 4.08. The van der Waals surface area contributed by atoms with E-state index < -0.39 is 36.4 Å². The summed E-state index contributed by atoms with van der Waals surface area (Å²) >= 11 is 0. The third-order valence-corrected chi connectivity index (χ3v) is 2.05. The Hall–Kier alpha value is -2.23. The number of ether oxygens (including phenoxy) is 2. The average Bonchev–Trinajstić information content (AvgIpc) is 2.49. The summed E-state index contributed by atoms with van der Waals surface area (Å²) in [4.78, 5) is 33.5. The fourth-order valence-corrected chi connectivity index (χ4v) is 1.17. The zero-order chi connectivity index (χ0) is 18.3. The van der Waals surface area contributed by atoms with Crippen LogP contribution in [0.3, 0.4) is 0 Å². The van der Waals surface area contributed by atoms with Crippen molar-refractivity contribution in [3.8, 4) is 0 Å². The van der Waals surface area contributed by atoms with Crippen LogP contribution in [-0.2, 0) is 23.9 Å². The Morgan fingerprint density at radius 3 is 1.83 bits per heavy atom. The lowest BCUT2D eigenvalue weighted by Gasteiger charge is -2.22. The summed E-state index contributed by atoms with van der Waals surface area (Å²) in [5.41, 5.74) is -2.47. The zero-order valence-electron chi connectivity index (χ0n) is 12.6. The van der Waals surface area contributed by atoms with Crippen LogP contribution < -0.4 is 0 Å². The van der Waals surface area contributed by atoms with Gasteiger partial charge in [0, 0.05) is 0 Å². The van der Waals surface area contributed by atoms with Crippen LogP contribution in [0.25, 0.3) is 0 Å². The maximum atomic E-state index is 11.6. The molecule has 0 radical (unpaired) electrons. The van der Waals surface area contributed by atoms with E-state index in [2.05, 4.69) is 22.6 Å². The normalized spacial score (nSPS) is 12.0. The number of rotatable bonds is 10. The molecule has 0 amide bonds. The number of carbonyl (C=O) groups is 3. The fraction of sp³-hybridized carbons (Fsp3) is 0.500. The SMILES string of the molecule is C=CCOC(=O)CC(O)(CC(=O)O)C(=O)OCC=C.OCCO. The van der Waals surface area contributed by atoms with Gasteiger partial charge in [0.05, 0.1) is 26.1 Å². The van der Waals surface area contributed by atoms with Crippen molar-refractivity contribution < 1.29 is 44.3 Å². The van der Waals surface area contributed by atoms with Crippen LogP contribution >= 0.6 is 0 Å². The Morgan fingerprint density at radius 2 is 1.43 bits per heavy atom. The quantitative estimate of drug-likeness (QED) is 0.291. The molecule has 0 saturated carbocycles. The van der Waals surface area contributed by atoms with Gasteiger partial charge in [-0.3, -0.25) is 9.59 Å². The maximum Gasteiger partial charge on any atom is 0.339 e. The summed E-state index contributed by atoms with van der Waals surface area (Å²) in [5, 5.41) is 33.8.